The molecule has 1 N–H and O–H groups in total. The number of likely N-dealkylation sites (N-methyl/N-ethyl adjacent to an activating group) is 1. The summed E-state index contributed by atoms with van der Waals surface area (Å²) in [6, 6.07) is 8.74. The Labute approximate surface area is 211 Å². The molecule has 2 aromatic rings. The molecule has 0 unspecified atom stereocenters. The number of nitro groups is 1. The van der Waals surface area contributed by atoms with Gasteiger partial charge in [-0.3, -0.25) is 19.7 Å². The number of anilines is 1. The minimum absolute atomic E-state index is 0.107. The fourth-order valence-corrected chi connectivity index (χ4v) is 4.39. The molecule has 0 atom stereocenters. The van der Waals surface area contributed by atoms with Crippen LogP contribution in [0.3, 0.4) is 0 Å². The van der Waals surface area contributed by atoms with Crippen LogP contribution in [0.2, 0.25) is 0 Å². The van der Waals surface area contributed by atoms with Gasteiger partial charge in [0.2, 0.25) is 11.8 Å². The molecule has 0 bridgehead atoms. The third kappa shape index (κ3) is 6.94. The van der Waals surface area contributed by atoms with E-state index in [9.17, 15) is 19.7 Å². The molecular formula is C26H34N4O6. The van der Waals surface area contributed by atoms with Crippen molar-refractivity contribution in [3.63, 3.8) is 0 Å². The summed E-state index contributed by atoms with van der Waals surface area (Å²) in [7, 11) is 5.20. The maximum Gasteiger partial charge on any atom is 0.293 e. The number of amides is 2. The molecule has 0 saturated heterocycles. The van der Waals surface area contributed by atoms with E-state index in [0.29, 0.717) is 37.4 Å². The summed E-state index contributed by atoms with van der Waals surface area (Å²) in [6.45, 7) is 4.16. The summed E-state index contributed by atoms with van der Waals surface area (Å²) >= 11 is 0. The third-order valence-corrected chi connectivity index (χ3v) is 6.37. The monoisotopic (exact) mass is 498 g/mol. The van der Waals surface area contributed by atoms with Crippen molar-refractivity contribution in [2.75, 3.05) is 52.8 Å². The Morgan fingerprint density at radius 1 is 1.14 bits per heavy atom. The van der Waals surface area contributed by atoms with Crippen molar-refractivity contribution in [3.05, 3.63) is 57.1 Å². The molecule has 2 amide bonds. The highest BCUT2D eigenvalue weighted by Gasteiger charge is 2.22. The Balaban J connectivity index is 1.50. The van der Waals surface area contributed by atoms with Crippen LogP contribution in [0.25, 0.3) is 0 Å². The lowest BCUT2D eigenvalue weighted by atomic mass is 10.0. The minimum Gasteiger partial charge on any atom is -0.493 e. The number of methoxy groups -OCH3 is 2. The van der Waals surface area contributed by atoms with Crippen molar-refractivity contribution in [2.24, 2.45) is 0 Å². The molecule has 3 rings (SSSR count). The van der Waals surface area contributed by atoms with Gasteiger partial charge in [0.05, 0.1) is 25.6 Å². The van der Waals surface area contributed by atoms with Gasteiger partial charge in [0, 0.05) is 32.6 Å². The largest absolute Gasteiger partial charge is 0.493 e. The van der Waals surface area contributed by atoms with Gasteiger partial charge >= 0.3 is 0 Å². The number of nitrogens with zero attached hydrogens (tertiary/aromatic N) is 3. The predicted octanol–water partition coefficient (Wildman–Crippen LogP) is 3.06. The molecular weight excluding hydrogens is 464 g/mol. The van der Waals surface area contributed by atoms with Gasteiger partial charge in [-0.1, -0.05) is 6.07 Å². The van der Waals surface area contributed by atoms with Crippen LogP contribution in [0, 0.1) is 10.1 Å². The maximum atomic E-state index is 12.9. The molecule has 10 nitrogen and oxygen atoms in total. The average Bonchev–Trinajstić information content (AvgIpc) is 2.99. The fourth-order valence-electron chi connectivity index (χ4n) is 4.39. The molecule has 0 aliphatic carbocycles. The first-order chi connectivity index (χ1) is 17.2. The second-order valence-electron chi connectivity index (χ2n) is 8.98. The number of rotatable bonds is 11. The highest BCUT2D eigenvalue weighted by molar-refractivity contribution is 5.91. The third-order valence-electron chi connectivity index (χ3n) is 6.37. The average molecular weight is 499 g/mol. The number of nitrogens with one attached hydrogen (secondary N) is 1. The Morgan fingerprint density at radius 3 is 2.47 bits per heavy atom. The highest BCUT2D eigenvalue weighted by atomic mass is 16.6. The number of carbonyl (C=O) groups is 2. The Bertz CT molecular complexity index is 1120. The van der Waals surface area contributed by atoms with Crippen molar-refractivity contribution >= 4 is 23.2 Å². The first-order valence-corrected chi connectivity index (χ1v) is 12.0. The summed E-state index contributed by atoms with van der Waals surface area (Å²) in [5.41, 5.74) is 3.01. The van der Waals surface area contributed by atoms with Crippen LogP contribution in [0.1, 0.15) is 30.0 Å². The van der Waals surface area contributed by atoms with Crippen LogP contribution in [-0.2, 0) is 28.9 Å². The number of hydrogen-bond donors (Lipinski definition) is 1. The second kappa shape index (κ2) is 12.3. The first-order valence-electron chi connectivity index (χ1n) is 12.0. The van der Waals surface area contributed by atoms with E-state index in [1.165, 1.54) is 13.0 Å². The van der Waals surface area contributed by atoms with Crippen LogP contribution >= 0.6 is 0 Å². The number of hydrogen-bond acceptors (Lipinski definition) is 7. The molecule has 1 heterocycles. The van der Waals surface area contributed by atoms with Crippen LogP contribution in [0.5, 0.6) is 11.5 Å². The van der Waals surface area contributed by atoms with Gasteiger partial charge in [-0.05, 0) is 67.7 Å². The Morgan fingerprint density at radius 2 is 1.83 bits per heavy atom. The molecule has 0 saturated carbocycles. The molecule has 0 fully saturated rings. The van der Waals surface area contributed by atoms with E-state index in [2.05, 4.69) is 10.2 Å². The molecule has 194 valence electrons. The van der Waals surface area contributed by atoms with E-state index in [4.69, 9.17) is 9.47 Å². The quantitative estimate of drug-likeness (QED) is 0.374. The number of carbonyl (C=O) groups excluding carboxylic acids is 2. The van der Waals surface area contributed by atoms with Gasteiger partial charge in [0.1, 0.15) is 5.69 Å². The minimum atomic E-state index is -0.485. The van der Waals surface area contributed by atoms with Gasteiger partial charge in [-0.15, -0.1) is 0 Å². The zero-order valence-corrected chi connectivity index (χ0v) is 21.3. The van der Waals surface area contributed by atoms with Gasteiger partial charge in [0.15, 0.2) is 11.5 Å². The Kier molecular flexibility index (Phi) is 9.24. The molecule has 0 spiro atoms. The van der Waals surface area contributed by atoms with E-state index < -0.39 is 4.92 Å². The van der Waals surface area contributed by atoms with Crippen molar-refractivity contribution < 1.29 is 24.0 Å². The summed E-state index contributed by atoms with van der Waals surface area (Å²) < 4.78 is 10.8. The normalized spacial score (nSPS) is 13.2. The van der Waals surface area contributed by atoms with Crippen LogP contribution in [0.4, 0.5) is 11.4 Å². The standard InChI is InChI=1S/C26H34N4O6/c1-18(31)27-22-7-6-19(14-23(22)30(33)34)8-12-28(2)10-5-11-29-13-9-20-15-24(35-3)25(36-4)16-21(20)17-26(29)32/h6-7,14-16H,5,8-13,17H2,1-4H3,(H,27,31). The zero-order chi connectivity index (χ0) is 26.2. The number of fused-ring (bicyclic) bond motifs is 1. The first kappa shape index (κ1) is 26.9. The van der Waals surface area contributed by atoms with Crippen LogP contribution < -0.4 is 14.8 Å². The van der Waals surface area contributed by atoms with E-state index >= 15 is 0 Å². The summed E-state index contributed by atoms with van der Waals surface area (Å²) in [5, 5.41) is 13.9. The molecule has 10 heteroatoms. The molecule has 2 aromatic carbocycles. The number of nitro benzene ring substituents is 1. The van der Waals surface area contributed by atoms with Crippen molar-refractivity contribution in [2.45, 2.75) is 32.6 Å². The molecule has 1 aliphatic heterocycles. The summed E-state index contributed by atoms with van der Waals surface area (Å²) in [5.74, 6) is 1.06. The lowest BCUT2D eigenvalue weighted by Gasteiger charge is -2.23. The van der Waals surface area contributed by atoms with E-state index in [1.54, 1.807) is 26.4 Å². The van der Waals surface area contributed by atoms with Gasteiger partial charge in [-0.25, -0.2) is 0 Å². The summed E-state index contributed by atoms with van der Waals surface area (Å²) in [6.07, 6.45) is 2.58. The van der Waals surface area contributed by atoms with Crippen LogP contribution in [-0.4, -0.2) is 74.0 Å². The number of benzene rings is 2. The lowest BCUT2D eigenvalue weighted by molar-refractivity contribution is -0.384. The topological polar surface area (TPSA) is 114 Å². The van der Waals surface area contributed by atoms with Crippen molar-refractivity contribution in [1.29, 1.82) is 0 Å². The molecule has 0 aromatic heterocycles. The van der Waals surface area contributed by atoms with Gasteiger partial charge in [-0.2, -0.15) is 0 Å². The van der Waals surface area contributed by atoms with Crippen LogP contribution in [0.15, 0.2) is 30.3 Å². The predicted molar refractivity (Wildman–Crippen MR) is 137 cm³/mol. The number of ether oxygens (including phenoxy) is 2. The van der Waals surface area contributed by atoms with E-state index in [-0.39, 0.29) is 23.2 Å². The summed E-state index contributed by atoms with van der Waals surface area (Å²) in [4.78, 5) is 39.1. The van der Waals surface area contributed by atoms with E-state index in [1.807, 2.05) is 24.1 Å². The van der Waals surface area contributed by atoms with Crippen molar-refractivity contribution in [1.82, 2.24) is 9.80 Å². The second-order valence-corrected chi connectivity index (χ2v) is 8.98. The van der Waals surface area contributed by atoms with Gasteiger partial charge < -0.3 is 24.6 Å². The Hall–Kier alpha value is -3.66. The molecule has 0 radical (unpaired) electrons. The lowest BCUT2D eigenvalue weighted by Crippen LogP contribution is -2.35. The highest BCUT2D eigenvalue weighted by Crippen LogP contribution is 2.32. The zero-order valence-electron chi connectivity index (χ0n) is 21.3. The smallest absolute Gasteiger partial charge is 0.293 e. The SMILES string of the molecule is COc1cc2c(cc1OC)CC(=O)N(CCCN(C)CCc1ccc(NC(C)=O)c([N+](=O)[O-])c1)CC2. The van der Waals surface area contributed by atoms with Crippen molar-refractivity contribution in [3.8, 4) is 11.5 Å². The molecule has 36 heavy (non-hydrogen) atoms. The van der Waals surface area contributed by atoms with Gasteiger partial charge in [0.25, 0.3) is 5.69 Å². The fraction of sp³-hybridized carbons (Fsp3) is 0.462. The van der Waals surface area contributed by atoms with E-state index in [0.717, 1.165) is 42.6 Å². The maximum absolute atomic E-state index is 12.9. The molecule has 1 aliphatic rings.